The first-order chi connectivity index (χ1) is 18.4. The van der Waals surface area contributed by atoms with Gasteiger partial charge in [-0.2, -0.15) is 11.3 Å². The molecule has 0 atom stereocenters. The Hall–Kier alpha value is -4.17. The van der Waals surface area contributed by atoms with Gasteiger partial charge in [-0.1, -0.05) is 24.3 Å². The lowest BCUT2D eigenvalue weighted by atomic mass is 9.74. The Labute approximate surface area is 225 Å². The van der Waals surface area contributed by atoms with Crippen molar-refractivity contribution >= 4 is 46.0 Å². The second-order valence-corrected chi connectivity index (χ2v) is 10.8. The molecule has 192 valence electrons. The molecule has 0 radical (unpaired) electrons. The van der Waals surface area contributed by atoms with Gasteiger partial charge >= 0.3 is 0 Å². The SMILES string of the molecule is CC(=O)N1CC2(CCN(c3ccc(C(=O)Nc4cc(-c5ccsc5)ccc4N)cn3)CC2)c2ccccc21. The topological polar surface area (TPSA) is 91.6 Å². The van der Waals surface area contributed by atoms with Crippen LogP contribution in [-0.4, -0.2) is 36.4 Å². The maximum absolute atomic E-state index is 13.0. The summed E-state index contributed by atoms with van der Waals surface area (Å²) in [6.07, 6.45) is 3.51. The molecule has 8 heteroatoms. The summed E-state index contributed by atoms with van der Waals surface area (Å²) in [7, 11) is 0. The molecule has 3 N–H and O–H groups in total. The third-order valence-electron chi connectivity index (χ3n) is 7.82. The molecule has 2 aromatic carbocycles. The van der Waals surface area contributed by atoms with E-state index in [0.717, 1.165) is 55.1 Å². The van der Waals surface area contributed by atoms with Crippen molar-refractivity contribution in [1.29, 1.82) is 0 Å². The number of hydrogen-bond acceptors (Lipinski definition) is 6. The molecule has 2 aliphatic heterocycles. The fourth-order valence-electron chi connectivity index (χ4n) is 5.68. The summed E-state index contributed by atoms with van der Waals surface area (Å²) in [5.41, 5.74) is 12.1. The summed E-state index contributed by atoms with van der Waals surface area (Å²) in [5.74, 6) is 0.694. The largest absolute Gasteiger partial charge is 0.397 e. The fourth-order valence-corrected chi connectivity index (χ4v) is 6.34. The van der Waals surface area contributed by atoms with Gasteiger partial charge in [-0.3, -0.25) is 9.59 Å². The van der Waals surface area contributed by atoms with Crippen molar-refractivity contribution in [2.75, 3.05) is 40.5 Å². The number of fused-ring (bicyclic) bond motifs is 2. The molecule has 0 aliphatic carbocycles. The van der Waals surface area contributed by atoms with Gasteiger partial charge in [-0.25, -0.2) is 4.98 Å². The monoisotopic (exact) mass is 523 g/mol. The summed E-state index contributed by atoms with van der Waals surface area (Å²) in [6.45, 7) is 4.05. The molecule has 2 amide bonds. The molecular weight excluding hydrogens is 494 g/mol. The molecule has 7 nitrogen and oxygen atoms in total. The number of thiophene rings is 1. The predicted molar refractivity (Wildman–Crippen MR) is 154 cm³/mol. The Kier molecular flexibility index (Phi) is 6.12. The van der Waals surface area contributed by atoms with Gasteiger partial charge in [0.1, 0.15) is 5.82 Å². The zero-order valence-corrected chi connectivity index (χ0v) is 22.0. The average Bonchev–Trinajstić information content (AvgIpc) is 3.58. The first-order valence-electron chi connectivity index (χ1n) is 12.8. The number of amides is 2. The molecule has 0 saturated carbocycles. The minimum Gasteiger partial charge on any atom is -0.397 e. The maximum atomic E-state index is 13.0. The van der Waals surface area contributed by atoms with E-state index in [1.165, 1.54) is 5.56 Å². The smallest absolute Gasteiger partial charge is 0.257 e. The minimum atomic E-state index is -0.247. The van der Waals surface area contributed by atoms with Gasteiger partial charge in [0, 0.05) is 43.9 Å². The summed E-state index contributed by atoms with van der Waals surface area (Å²) >= 11 is 1.63. The Morgan fingerprint density at radius 3 is 2.55 bits per heavy atom. The molecule has 0 unspecified atom stereocenters. The summed E-state index contributed by atoms with van der Waals surface area (Å²) in [6, 6.07) is 19.7. The first kappa shape index (κ1) is 24.2. The van der Waals surface area contributed by atoms with Crippen LogP contribution in [0.5, 0.6) is 0 Å². The van der Waals surface area contributed by atoms with Gasteiger partial charge in [-0.15, -0.1) is 0 Å². The van der Waals surface area contributed by atoms with Gasteiger partial charge in [0.2, 0.25) is 5.91 Å². The number of piperidine rings is 1. The standard InChI is InChI=1S/C30H29N5O2S/c1-20(36)35-19-30(24-4-2-3-5-27(24)35)11-13-34(14-12-30)28-9-7-22(17-32-28)29(37)33-26-16-21(6-8-25(26)31)23-10-15-38-18-23/h2-10,15-18H,11-14,19,31H2,1H3,(H,33,37). The predicted octanol–water partition coefficient (Wildman–Crippen LogP) is 5.55. The van der Waals surface area contributed by atoms with Crippen LogP contribution in [0, 0.1) is 0 Å². The molecule has 1 fully saturated rings. The molecule has 0 bridgehead atoms. The lowest BCUT2D eigenvalue weighted by Crippen LogP contribution is -2.46. The number of hydrogen-bond donors (Lipinski definition) is 2. The number of benzene rings is 2. The van der Waals surface area contributed by atoms with E-state index in [9.17, 15) is 9.59 Å². The number of nitrogen functional groups attached to an aromatic ring is 1. The first-order valence-corrected chi connectivity index (χ1v) is 13.7. The maximum Gasteiger partial charge on any atom is 0.257 e. The Morgan fingerprint density at radius 2 is 1.84 bits per heavy atom. The number of carbonyl (C=O) groups is 2. The van der Waals surface area contributed by atoms with E-state index in [1.807, 2.05) is 52.7 Å². The van der Waals surface area contributed by atoms with E-state index < -0.39 is 0 Å². The molecule has 4 aromatic rings. The van der Waals surface area contributed by atoms with Gasteiger partial charge in [-0.05, 0) is 76.7 Å². The van der Waals surface area contributed by atoms with Crippen LogP contribution < -0.4 is 20.9 Å². The van der Waals surface area contributed by atoms with Crippen molar-refractivity contribution in [3.05, 3.63) is 88.7 Å². The van der Waals surface area contributed by atoms with Crippen LogP contribution in [0.25, 0.3) is 11.1 Å². The number of anilines is 4. The van der Waals surface area contributed by atoms with Crippen molar-refractivity contribution < 1.29 is 9.59 Å². The van der Waals surface area contributed by atoms with Crippen LogP contribution in [0.15, 0.2) is 77.6 Å². The Balaban J connectivity index is 1.13. The highest BCUT2D eigenvalue weighted by Gasteiger charge is 2.45. The molecule has 4 heterocycles. The third-order valence-corrected chi connectivity index (χ3v) is 8.50. The Bertz CT molecular complexity index is 1490. The highest BCUT2D eigenvalue weighted by molar-refractivity contribution is 7.08. The van der Waals surface area contributed by atoms with Crippen molar-refractivity contribution in [1.82, 2.24) is 4.98 Å². The number of para-hydroxylation sites is 1. The minimum absolute atomic E-state index is 0.0178. The number of aromatic nitrogens is 1. The molecule has 2 aromatic heterocycles. The van der Waals surface area contributed by atoms with Crippen molar-refractivity contribution in [3.63, 3.8) is 0 Å². The summed E-state index contributed by atoms with van der Waals surface area (Å²) in [5, 5.41) is 7.02. The molecule has 38 heavy (non-hydrogen) atoms. The third kappa shape index (κ3) is 4.31. The number of pyridine rings is 1. The molecule has 2 aliphatic rings. The van der Waals surface area contributed by atoms with E-state index in [2.05, 4.69) is 38.8 Å². The van der Waals surface area contributed by atoms with Crippen LogP contribution in [-0.2, 0) is 10.2 Å². The van der Waals surface area contributed by atoms with E-state index in [-0.39, 0.29) is 17.2 Å². The van der Waals surface area contributed by atoms with E-state index in [4.69, 9.17) is 5.73 Å². The second-order valence-electron chi connectivity index (χ2n) is 10.1. The van der Waals surface area contributed by atoms with Gasteiger partial charge in [0.15, 0.2) is 0 Å². The van der Waals surface area contributed by atoms with E-state index >= 15 is 0 Å². The summed E-state index contributed by atoms with van der Waals surface area (Å²) < 4.78 is 0. The highest BCUT2D eigenvalue weighted by atomic mass is 32.1. The number of rotatable bonds is 4. The molecule has 6 rings (SSSR count). The van der Waals surface area contributed by atoms with E-state index in [1.54, 1.807) is 24.5 Å². The van der Waals surface area contributed by atoms with Gasteiger partial charge in [0.05, 0.1) is 16.9 Å². The van der Waals surface area contributed by atoms with Crippen molar-refractivity contribution in [2.45, 2.75) is 25.2 Å². The number of carbonyl (C=O) groups excluding carboxylic acids is 2. The van der Waals surface area contributed by atoms with Crippen molar-refractivity contribution in [2.24, 2.45) is 0 Å². The molecule has 1 saturated heterocycles. The second kappa shape index (κ2) is 9.61. The van der Waals surface area contributed by atoms with E-state index in [0.29, 0.717) is 16.9 Å². The zero-order valence-electron chi connectivity index (χ0n) is 21.2. The fraction of sp³-hybridized carbons (Fsp3) is 0.233. The van der Waals surface area contributed by atoms with Crippen LogP contribution >= 0.6 is 11.3 Å². The van der Waals surface area contributed by atoms with Crippen LogP contribution in [0.2, 0.25) is 0 Å². The van der Waals surface area contributed by atoms with Crippen LogP contribution in [0.1, 0.15) is 35.7 Å². The number of nitrogens with one attached hydrogen (secondary N) is 1. The number of nitrogens with zero attached hydrogens (tertiary/aromatic N) is 3. The molecular formula is C30H29N5O2S. The average molecular weight is 524 g/mol. The number of nitrogens with two attached hydrogens (primary N) is 1. The lowest BCUT2D eigenvalue weighted by Gasteiger charge is -2.40. The van der Waals surface area contributed by atoms with Gasteiger partial charge in [0.25, 0.3) is 5.91 Å². The van der Waals surface area contributed by atoms with Gasteiger partial charge < -0.3 is 20.9 Å². The molecule has 1 spiro atoms. The van der Waals surface area contributed by atoms with Crippen LogP contribution in [0.3, 0.4) is 0 Å². The Morgan fingerprint density at radius 1 is 1.03 bits per heavy atom. The van der Waals surface area contributed by atoms with Crippen molar-refractivity contribution in [3.8, 4) is 11.1 Å². The normalized spacial score (nSPS) is 15.9. The summed E-state index contributed by atoms with van der Waals surface area (Å²) in [4.78, 5) is 34.0. The van der Waals surface area contributed by atoms with Crippen LogP contribution in [0.4, 0.5) is 22.9 Å². The quantitative estimate of drug-likeness (QED) is 0.342. The highest BCUT2D eigenvalue weighted by Crippen LogP contribution is 2.47. The zero-order chi connectivity index (χ0) is 26.3. The lowest BCUT2D eigenvalue weighted by molar-refractivity contribution is -0.116.